The summed E-state index contributed by atoms with van der Waals surface area (Å²) in [6.45, 7) is 1.59. The lowest BCUT2D eigenvalue weighted by atomic mass is 9.72. The standard InChI is InChI=1S/C47H55N3O18S/c1-23(14-36(56)49(22-52)17-24-6-8-25(9-7-24)46(61)68-50-34(54)11-12-35(50)55)69-33-21-64-20-32(48-33)66-26-10-13-37(65-19-26)67-30-16-47(62,31(53)18-51)15-28-39(30)45(60)41-40(43(28)58)42(57)27-4-3-5-29(63-2)38(27)44(41)59/h3-5,22-26,30,32-33,37,48,51,58,60,62H,6-21H2,1-2H3/t23?,24?,25?,26-,30-,32+,33?,37-,47-/m0/s1. The summed E-state index contributed by atoms with van der Waals surface area (Å²) in [5.41, 5.74) is -3.73. The minimum Gasteiger partial charge on any atom is -0.507 e. The molecule has 0 radical (unpaired) electrons. The number of benzene rings is 2. The Hall–Kier alpha value is -5.33. The summed E-state index contributed by atoms with van der Waals surface area (Å²) in [4.78, 5) is 109. The molecule has 69 heavy (non-hydrogen) atoms. The van der Waals surface area contributed by atoms with Gasteiger partial charge in [0.15, 0.2) is 17.9 Å². The Bertz CT molecular complexity index is 2380. The number of methoxy groups -OCH3 is 1. The maximum absolute atomic E-state index is 14.0. The summed E-state index contributed by atoms with van der Waals surface area (Å²) in [6.07, 6.45) is -1.18. The van der Waals surface area contributed by atoms with E-state index in [1.54, 1.807) is 0 Å². The first-order chi connectivity index (χ1) is 33.0. The van der Waals surface area contributed by atoms with Crippen LogP contribution in [0.4, 0.5) is 0 Å². The summed E-state index contributed by atoms with van der Waals surface area (Å²) in [7, 11) is 1.32. The van der Waals surface area contributed by atoms with Gasteiger partial charge in [-0.2, -0.15) is 0 Å². The number of carbonyl (C=O) groups is 8. The molecule has 22 heteroatoms. The maximum atomic E-state index is 14.0. The molecule has 0 spiro atoms. The van der Waals surface area contributed by atoms with Crippen molar-refractivity contribution in [3.63, 3.8) is 0 Å². The summed E-state index contributed by atoms with van der Waals surface area (Å²) in [5, 5.41) is 48.2. The van der Waals surface area contributed by atoms with Crippen LogP contribution in [0.1, 0.15) is 120 Å². The topological polar surface area (TPSA) is 291 Å². The highest BCUT2D eigenvalue weighted by Crippen LogP contribution is 2.52. The molecule has 6 aliphatic rings. The second kappa shape index (κ2) is 20.9. The number of morpholine rings is 1. The molecule has 21 nitrogen and oxygen atoms in total. The van der Waals surface area contributed by atoms with Crippen molar-refractivity contribution in [1.82, 2.24) is 15.3 Å². The quantitative estimate of drug-likeness (QED) is 0.0778. The Morgan fingerprint density at radius 3 is 2.35 bits per heavy atom. The molecule has 0 bridgehead atoms. The minimum absolute atomic E-state index is 0.00816. The molecule has 8 rings (SSSR count). The van der Waals surface area contributed by atoms with Crippen LogP contribution >= 0.6 is 11.8 Å². The normalized spacial score (nSPS) is 28.3. The number of fused-ring (bicyclic) bond motifs is 3. The third-order valence-corrected chi connectivity index (χ3v) is 14.9. The number of aliphatic hydroxyl groups is 2. The van der Waals surface area contributed by atoms with Crippen LogP contribution in [0.15, 0.2) is 18.2 Å². The SMILES string of the molecule is COc1cccc2c1C(=O)c1c(O)c3c(c(O)c1C2=O)C[C@@](O)(C(=O)CO)C[C@@H]3O[C@H]1CC[C@H](O[C@@H]2COCC(SC(C)CC(=O)N(C=O)CC3CCC(C(=O)ON4C(=O)CCC4=O)CC3)N2)CO1. The number of ketones is 3. The van der Waals surface area contributed by atoms with Crippen molar-refractivity contribution >= 4 is 59.2 Å². The summed E-state index contributed by atoms with van der Waals surface area (Å²) < 4.78 is 29.8. The van der Waals surface area contributed by atoms with Gasteiger partial charge in [0, 0.05) is 67.0 Å². The predicted octanol–water partition coefficient (Wildman–Crippen LogP) is 1.88. The van der Waals surface area contributed by atoms with Gasteiger partial charge in [0.1, 0.15) is 35.7 Å². The van der Waals surface area contributed by atoms with Crippen LogP contribution in [0, 0.1) is 11.8 Å². The lowest BCUT2D eigenvalue weighted by molar-refractivity contribution is -0.234. The Morgan fingerprint density at radius 2 is 1.68 bits per heavy atom. The number of phenols is 2. The second-order valence-electron chi connectivity index (χ2n) is 18.3. The van der Waals surface area contributed by atoms with Gasteiger partial charge in [-0.25, -0.2) is 4.79 Å². The van der Waals surface area contributed by atoms with Crippen molar-refractivity contribution in [2.75, 3.05) is 40.1 Å². The number of hydrogen-bond donors (Lipinski definition) is 5. The van der Waals surface area contributed by atoms with Crippen molar-refractivity contribution in [2.24, 2.45) is 11.8 Å². The van der Waals surface area contributed by atoms with Crippen LogP contribution in [0.3, 0.4) is 0 Å². The van der Waals surface area contributed by atoms with E-state index in [1.807, 2.05) is 6.92 Å². The van der Waals surface area contributed by atoms with Gasteiger partial charge in [0.25, 0.3) is 11.8 Å². The first-order valence-corrected chi connectivity index (χ1v) is 24.0. The number of phenolic OH excluding ortho intramolecular Hbond substituents is 2. The van der Waals surface area contributed by atoms with Gasteiger partial charge in [0.2, 0.25) is 18.1 Å². The number of Topliss-reactive ketones (excluding diaryl/α,β-unsaturated/α-hetero) is 1. The van der Waals surface area contributed by atoms with Gasteiger partial charge >= 0.3 is 5.97 Å². The number of rotatable bonds is 16. The molecule has 2 aromatic carbocycles. The Morgan fingerprint density at radius 1 is 0.957 bits per heavy atom. The maximum Gasteiger partial charge on any atom is 0.336 e. The molecular formula is C47H55N3O18S. The number of thioether (sulfide) groups is 1. The van der Waals surface area contributed by atoms with Gasteiger partial charge in [-0.05, 0) is 44.1 Å². The number of imide groups is 2. The molecule has 3 aliphatic heterocycles. The smallest absolute Gasteiger partial charge is 0.336 e. The Balaban J connectivity index is 0.828. The number of nitrogens with one attached hydrogen (secondary N) is 1. The largest absolute Gasteiger partial charge is 0.507 e. The van der Waals surface area contributed by atoms with Crippen molar-refractivity contribution in [3.8, 4) is 17.2 Å². The van der Waals surface area contributed by atoms with E-state index >= 15 is 0 Å². The summed E-state index contributed by atoms with van der Waals surface area (Å²) in [5.74, 6) is -6.44. The molecular weight excluding hydrogens is 927 g/mol. The van der Waals surface area contributed by atoms with Crippen LogP contribution in [0.25, 0.3) is 0 Å². The van der Waals surface area contributed by atoms with Crippen molar-refractivity contribution in [1.29, 1.82) is 0 Å². The fraction of sp³-hybridized carbons (Fsp3) is 0.574. The van der Waals surface area contributed by atoms with E-state index in [2.05, 4.69) is 5.32 Å². The molecule has 0 aromatic heterocycles. The van der Waals surface area contributed by atoms with Gasteiger partial charge < -0.3 is 48.9 Å². The number of nitrogens with zero attached hydrogens (tertiary/aromatic N) is 2. The molecule has 1 saturated carbocycles. The van der Waals surface area contributed by atoms with Crippen molar-refractivity contribution in [3.05, 3.63) is 51.6 Å². The van der Waals surface area contributed by atoms with E-state index in [0.717, 1.165) is 0 Å². The Labute approximate surface area is 400 Å². The highest BCUT2D eigenvalue weighted by molar-refractivity contribution is 8.00. The van der Waals surface area contributed by atoms with E-state index in [1.165, 1.54) is 42.0 Å². The number of aromatic hydroxyl groups is 2. The lowest BCUT2D eigenvalue weighted by Crippen LogP contribution is -2.51. The van der Waals surface area contributed by atoms with Gasteiger partial charge in [-0.1, -0.05) is 19.1 Å². The molecule has 4 amide bonds. The highest BCUT2D eigenvalue weighted by atomic mass is 32.2. The molecule has 372 valence electrons. The summed E-state index contributed by atoms with van der Waals surface area (Å²) >= 11 is 1.45. The van der Waals surface area contributed by atoms with Crippen molar-refractivity contribution in [2.45, 2.75) is 119 Å². The molecule has 4 fully saturated rings. The first kappa shape index (κ1) is 50.1. The molecule has 7 atom stereocenters. The second-order valence-corrected chi connectivity index (χ2v) is 19.9. The van der Waals surface area contributed by atoms with E-state index in [4.69, 9.17) is 28.5 Å². The minimum atomic E-state index is -2.28. The third-order valence-electron chi connectivity index (χ3n) is 13.6. The summed E-state index contributed by atoms with van der Waals surface area (Å²) in [6, 6.07) is 4.36. The molecule has 3 aliphatic carbocycles. The van der Waals surface area contributed by atoms with Crippen LogP contribution in [0.5, 0.6) is 17.2 Å². The number of amides is 4. The van der Waals surface area contributed by atoms with E-state index in [0.29, 0.717) is 50.2 Å². The van der Waals surface area contributed by atoms with Gasteiger partial charge in [-0.15, -0.1) is 16.8 Å². The zero-order valence-electron chi connectivity index (χ0n) is 38.0. The average Bonchev–Trinajstić information content (AvgIpc) is 3.65. The molecule has 3 heterocycles. The molecule has 3 saturated heterocycles. The number of ether oxygens (including phenoxy) is 5. The first-order valence-electron chi connectivity index (χ1n) is 23.0. The van der Waals surface area contributed by atoms with Gasteiger partial charge in [0.05, 0.1) is 67.1 Å². The molecule has 2 unspecified atom stereocenters. The van der Waals surface area contributed by atoms with Crippen LogP contribution in [-0.4, -0.2) is 153 Å². The number of hydroxylamine groups is 2. The third kappa shape index (κ3) is 10.3. The fourth-order valence-electron chi connectivity index (χ4n) is 10.0. The van der Waals surface area contributed by atoms with Crippen LogP contribution in [0.2, 0.25) is 0 Å². The van der Waals surface area contributed by atoms with Crippen molar-refractivity contribution < 1.29 is 87.3 Å². The molecule has 2 aromatic rings. The van der Waals surface area contributed by atoms with Gasteiger partial charge in [-0.3, -0.25) is 43.8 Å². The van der Waals surface area contributed by atoms with E-state index in [9.17, 15) is 58.8 Å². The number of aliphatic hydroxyl groups excluding tert-OH is 1. The zero-order chi connectivity index (χ0) is 49.3. The van der Waals surface area contributed by atoms with Crippen LogP contribution in [-0.2, 0) is 59.0 Å². The number of hydrogen-bond acceptors (Lipinski definition) is 20. The average molecular weight is 982 g/mol. The zero-order valence-corrected chi connectivity index (χ0v) is 38.9. The van der Waals surface area contributed by atoms with E-state index in [-0.39, 0.29) is 95.9 Å². The Kier molecular flexibility index (Phi) is 15.2. The lowest BCUT2D eigenvalue weighted by Gasteiger charge is -2.41. The predicted molar refractivity (Wildman–Crippen MR) is 236 cm³/mol. The van der Waals surface area contributed by atoms with E-state index < -0.39 is 113 Å². The molecule has 5 N–H and O–H groups in total. The van der Waals surface area contributed by atoms with Crippen LogP contribution < -0.4 is 10.1 Å². The fourth-order valence-corrected chi connectivity index (χ4v) is 11.3. The number of carbonyl (C=O) groups excluding carboxylic acids is 8. The highest BCUT2D eigenvalue weighted by Gasteiger charge is 2.50. The monoisotopic (exact) mass is 981 g/mol.